The van der Waals surface area contributed by atoms with E-state index in [0.717, 1.165) is 19.5 Å². The Morgan fingerprint density at radius 2 is 2.10 bits per heavy atom. The molecule has 1 aromatic carbocycles. The van der Waals surface area contributed by atoms with Crippen molar-refractivity contribution in [2.75, 3.05) is 18.0 Å². The third kappa shape index (κ3) is 3.72. The molecule has 1 saturated heterocycles. The van der Waals surface area contributed by atoms with Crippen molar-refractivity contribution in [3.63, 3.8) is 0 Å². The number of anilines is 1. The lowest BCUT2D eigenvalue weighted by Gasteiger charge is -2.17. The quantitative estimate of drug-likeness (QED) is 0.632. The second kappa shape index (κ2) is 8.14. The first kappa shape index (κ1) is 20.5. The van der Waals surface area contributed by atoms with Gasteiger partial charge in [-0.25, -0.2) is 0 Å². The molecule has 4 rings (SSSR count). The molecule has 3 aromatic rings. The van der Waals surface area contributed by atoms with Crippen LogP contribution in [0.5, 0.6) is 11.8 Å². The van der Waals surface area contributed by atoms with Gasteiger partial charge in [0.1, 0.15) is 5.75 Å². The predicted molar refractivity (Wildman–Crippen MR) is 117 cm³/mol. The number of para-hydroxylation sites is 1. The van der Waals surface area contributed by atoms with Crippen LogP contribution in [0.2, 0.25) is 0 Å². The molecule has 31 heavy (non-hydrogen) atoms. The van der Waals surface area contributed by atoms with Crippen LogP contribution < -0.4 is 20.9 Å². The fraction of sp³-hybridized carbons (Fsp3) is 0.364. The normalized spacial score (nSPS) is 15.7. The average Bonchev–Trinajstić information content (AvgIpc) is 3.33. The molecule has 9 heteroatoms. The standard InChI is InChI=1S/C22H24N6O3/c1-4-5-11-28-17-19(24-21(28)27-12-10-14(2)13-27)25-22(26(3)20(17)30)31-16-9-7-6-8-15(16)18(23)29/h6-9,14H,10-13H2,1-3H3,(H2,23,29). The van der Waals surface area contributed by atoms with Crippen LogP contribution in [0.25, 0.3) is 11.2 Å². The number of hydrogen-bond acceptors (Lipinski definition) is 6. The van der Waals surface area contributed by atoms with E-state index in [4.69, 9.17) is 10.5 Å². The number of primary amides is 1. The smallest absolute Gasteiger partial charge is 0.306 e. The summed E-state index contributed by atoms with van der Waals surface area (Å²) in [6.07, 6.45) is 1.06. The van der Waals surface area contributed by atoms with E-state index in [0.29, 0.717) is 23.9 Å². The van der Waals surface area contributed by atoms with E-state index in [1.807, 2.05) is 4.57 Å². The number of carbonyl (C=O) groups is 1. The number of nitrogens with zero attached hydrogens (tertiary/aromatic N) is 5. The van der Waals surface area contributed by atoms with Gasteiger partial charge in [-0.1, -0.05) is 25.0 Å². The van der Waals surface area contributed by atoms with Crippen molar-refractivity contribution in [2.45, 2.75) is 26.8 Å². The Bertz CT molecular complexity index is 1280. The van der Waals surface area contributed by atoms with Crippen LogP contribution >= 0.6 is 0 Å². The van der Waals surface area contributed by atoms with Gasteiger partial charge in [0.2, 0.25) is 5.95 Å². The summed E-state index contributed by atoms with van der Waals surface area (Å²) >= 11 is 0. The topological polar surface area (TPSA) is 108 Å². The largest absolute Gasteiger partial charge is 0.425 e. The first-order chi connectivity index (χ1) is 14.9. The molecule has 160 valence electrons. The monoisotopic (exact) mass is 420 g/mol. The lowest BCUT2D eigenvalue weighted by Crippen LogP contribution is -2.25. The predicted octanol–water partition coefficient (Wildman–Crippen LogP) is 1.89. The minimum atomic E-state index is -0.630. The molecule has 9 nitrogen and oxygen atoms in total. The molecule has 1 atom stereocenters. The van der Waals surface area contributed by atoms with Gasteiger partial charge in [0, 0.05) is 20.1 Å². The van der Waals surface area contributed by atoms with Crippen molar-refractivity contribution in [3.05, 3.63) is 40.2 Å². The fourth-order valence-corrected chi connectivity index (χ4v) is 3.74. The first-order valence-corrected chi connectivity index (χ1v) is 10.1. The molecule has 1 aliphatic rings. The summed E-state index contributed by atoms with van der Waals surface area (Å²) in [5.41, 5.74) is 5.98. The van der Waals surface area contributed by atoms with E-state index >= 15 is 0 Å². The summed E-state index contributed by atoms with van der Waals surface area (Å²) < 4.78 is 8.94. The molecule has 1 aliphatic heterocycles. The SMILES string of the molecule is CC#CCn1c(N2CCC(C)C2)nc2nc(Oc3ccccc3C(N)=O)n(C)c(=O)c21. The molecule has 3 heterocycles. The molecule has 0 radical (unpaired) electrons. The van der Waals surface area contributed by atoms with Crippen molar-refractivity contribution in [2.24, 2.45) is 18.7 Å². The zero-order valence-corrected chi connectivity index (χ0v) is 17.8. The number of nitrogens with two attached hydrogens (primary N) is 1. The number of benzene rings is 1. The number of hydrogen-bond donors (Lipinski definition) is 1. The lowest BCUT2D eigenvalue weighted by atomic mass is 10.2. The molecule has 1 fully saturated rings. The van der Waals surface area contributed by atoms with Crippen molar-refractivity contribution in [1.29, 1.82) is 0 Å². The van der Waals surface area contributed by atoms with Crippen LogP contribution in [0.3, 0.4) is 0 Å². The van der Waals surface area contributed by atoms with E-state index in [1.54, 1.807) is 38.2 Å². The van der Waals surface area contributed by atoms with Gasteiger partial charge >= 0.3 is 6.01 Å². The number of carbonyl (C=O) groups excluding carboxylic acids is 1. The first-order valence-electron chi connectivity index (χ1n) is 10.1. The number of amides is 1. The van der Waals surface area contributed by atoms with Crippen LogP contribution in [0.15, 0.2) is 29.1 Å². The minimum absolute atomic E-state index is 0.0266. The third-order valence-electron chi connectivity index (χ3n) is 5.40. The molecule has 0 aliphatic carbocycles. The molecule has 2 N–H and O–H groups in total. The summed E-state index contributed by atoms with van der Waals surface area (Å²) in [5, 5.41) is 0. The maximum absolute atomic E-state index is 13.3. The van der Waals surface area contributed by atoms with E-state index in [1.165, 1.54) is 4.57 Å². The zero-order valence-electron chi connectivity index (χ0n) is 17.8. The molecule has 0 bridgehead atoms. The van der Waals surface area contributed by atoms with Crippen LogP contribution in [0, 0.1) is 17.8 Å². The molecule has 0 saturated carbocycles. The van der Waals surface area contributed by atoms with Crippen molar-refractivity contribution in [1.82, 2.24) is 19.1 Å². The van der Waals surface area contributed by atoms with Gasteiger partial charge in [-0.3, -0.25) is 18.7 Å². The highest BCUT2D eigenvalue weighted by atomic mass is 16.5. The molecule has 2 aromatic heterocycles. The molecule has 1 unspecified atom stereocenters. The van der Waals surface area contributed by atoms with E-state index in [-0.39, 0.29) is 28.5 Å². The highest BCUT2D eigenvalue weighted by Gasteiger charge is 2.27. The summed E-state index contributed by atoms with van der Waals surface area (Å²) in [6.45, 7) is 6.01. The van der Waals surface area contributed by atoms with Gasteiger partial charge in [-0.05, 0) is 31.4 Å². The fourth-order valence-electron chi connectivity index (χ4n) is 3.74. The summed E-state index contributed by atoms with van der Waals surface area (Å²) in [6, 6.07) is 6.58. The number of imidazole rings is 1. The molecule has 1 amide bonds. The van der Waals surface area contributed by atoms with Gasteiger partial charge in [-0.15, -0.1) is 5.92 Å². The molecule has 0 spiro atoms. The van der Waals surface area contributed by atoms with Crippen molar-refractivity contribution in [3.8, 4) is 23.6 Å². The van der Waals surface area contributed by atoms with Gasteiger partial charge in [0.25, 0.3) is 11.5 Å². The van der Waals surface area contributed by atoms with Crippen LogP contribution in [0.4, 0.5) is 5.95 Å². The average molecular weight is 420 g/mol. The summed E-state index contributed by atoms with van der Waals surface area (Å²) in [5.74, 6) is 6.73. The van der Waals surface area contributed by atoms with Crippen molar-refractivity contribution < 1.29 is 9.53 Å². The Hall–Kier alpha value is -3.80. The second-order valence-electron chi connectivity index (χ2n) is 7.66. The highest BCUT2D eigenvalue weighted by molar-refractivity contribution is 5.95. The Kier molecular flexibility index (Phi) is 5.38. The lowest BCUT2D eigenvalue weighted by molar-refractivity contribution is 0.0998. The Morgan fingerprint density at radius 3 is 2.77 bits per heavy atom. The van der Waals surface area contributed by atoms with Gasteiger partial charge in [0.15, 0.2) is 11.2 Å². The maximum Gasteiger partial charge on any atom is 0.306 e. The van der Waals surface area contributed by atoms with Crippen LogP contribution in [-0.4, -0.2) is 38.1 Å². The van der Waals surface area contributed by atoms with Gasteiger partial charge < -0.3 is 15.4 Å². The number of ether oxygens (including phenoxy) is 1. The Balaban J connectivity index is 1.85. The number of fused-ring (bicyclic) bond motifs is 1. The van der Waals surface area contributed by atoms with E-state index in [2.05, 4.69) is 33.6 Å². The molecular weight excluding hydrogens is 396 g/mol. The highest BCUT2D eigenvalue weighted by Crippen LogP contribution is 2.28. The third-order valence-corrected chi connectivity index (χ3v) is 5.40. The molecular formula is C22H24N6O3. The maximum atomic E-state index is 13.3. The minimum Gasteiger partial charge on any atom is -0.425 e. The van der Waals surface area contributed by atoms with Crippen LogP contribution in [0.1, 0.15) is 30.6 Å². The van der Waals surface area contributed by atoms with E-state index < -0.39 is 5.91 Å². The van der Waals surface area contributed by atoms with Crippen molar-refractivity contribution >= 4 is 23.0 Å². The summed E-state index contributed by atoms with van der Waals surface area (Å²) in [7, 11) is 1.57. The van der Waals surface area contributed by atoms with Gasteiger partial charge in [0.05, 0.1) is 12.1 Å². The van der Waals surface area contributed by atoms with Crippen LogP contribution in [-0.2, 0) is 13.6 Å². The number of rotatable bonds is 5. The number of aromatic nitrogens is 4. The summed E-state index contributed by atoms with van der Waals surface area (Å²) in [4.78, 5) is 36.3. The Labute approximate surface area is 179 Å². The van der Waals surface area contributed by atoms with Gasteiger partial charge in [-0.2, -0.15) is 9.97 Å². The zero-order chi connectivity index (χ0) is 22.1. The second-order valence-corrected chi connectivity index (χ2v) is 7.66. The Morgan fingerprint density at radius 1 is 1.32 bits per heavy atom. The van der Waals surface area contributed by atoms with E-state index in [9.17, 15) is 9.59 Å².